The first-order chi connectivity index (χ1) is 16.5. The van der Waals surface area contributed by atoms with Crippen LogP contribution in [0.5, 0.6) is 0 Å². The fourth-order valence-corrected chi connectivity index (χ4v) is 4.20. The molecule has 0 radical (unpaired) electrons. The van der Waals surface area contributed by atoms with Crippen LogP contribution >= 0.6 is 0 Å². The molecule has 2 aliphatic carbocycles. The summed E-state index contributed by atoms with van der Waals surface area (Å²) in [4.78, 5) is 0. The Morgan fingerprint density at radius 1 is 0.571 bits per heavy atom. The summed E-state index contributed by atoms with van der Waals surface area (Å²) in [6.07, 6.45) is 11.2. The van der Waals surface area contributed by atoms with Crippen molar-refractivity contribution in [3.05, 3.63) is 22.5 Å². The lowest BCUT2D eigenvalue weighted by Crippen LogP contribution is -2.22. The molecule has 0 bridgehead atoms. The molecule has 2 saturated heterocycles. The molecule has 0 aromatic carbocycles. The van der Waals surface area contributed by atoms with E-state index in [9.17, 15) is 0 Å². The minimum atomic E-state index is 0.514. The van der Waals surface area contributed by atoms with Gasteiger partial charge in [0.1, 0.15) is 0 Å². The standard InChI is InChI=1S/C8H14.C7H14O.C6H12O.C6H10O.C5H10/c1-7-5-3-4-6-8(7)2;1-6-3-4-8-5-7(6)2;2*1-5-3-4-7-6(5)2;1-4-3-5(4)2/h3-6H2,1-2H3;6-7H,3-5H2,1-2H3;5-6H,3-4H2,1-2H3;3-4H2,1-2H3;4-5H,3H2,1-2H3. The third-order valence-corrected chi connectivity index (χ3v) is 8.82. The van der Waals surface area contributed by atoms with Crippen LogP contribution in [0.25, 0.3) is 0 Å². The lowest BCUT2D eigenvalue weighted by atomic mass is 9.92. The summed E-state index contributed by atoms with van der Waals surface area (Å²) in [5, 5.41) is 0. The van der Waals surface area contributed by atoms with E-state index in [-0.39, 0.29) is 0 Å². The van der Waals surface area contributed by atoms with E-state index in [0.717, 1.165) is 68.2 Å². The Hall–Kier alpha value is -0.800. The van der Waals surface area contributed by atoms with Crippen LogP contribution in [0, 0.1) is 29.6 Å². The molecule has 0 N–H and O–H groups in total. The SMILES string of the molecule is CC1=C(C)CCCC1.CC1=C(C)OCC1.CC1CC1C.CC1CCOC1C.CC1CCOCC1C. The molecular formula is C32H60O3. The molecular weight excluding hydrogens is 432 g/mol. The summed E-state index contributed by atoms with van der Waals surface area (Å²) in [6.45, 7) is 26.0. The normalized spacial score (nSPS) is 33.5. The minimum absolute atomic E-state index is 0.514. The highest BCUT2D eigenvalue weighted by Gasteiger charge is 2.26. The van der Waals surface area contributed by atoms with Crippen molar-refractivity contribution in [2.75, 3.05) is 26.4 Å². The molecule has 0 spiro atoms. The average molecular weight is 493 g/mol. The van der Waals surface area contributed by atoms with Gasteiger partial charge in [-0.3, -0.25) is 0 Å². The Kier molecular flexibility index (Phi) is 16.2. The maximum absolute atomic E-state index is 5.27. The highest BCUT2D eigenvalue weighted by molar-refractivity contribution is 5.11. The maximum atomic E-state index is 5.27. The second kappa shape index (κ2) is 17.6. The second-order valence-corrected chi connectivity index (χ2v) is 12.1. The van der Waals surface area contributed by atoms with Gasteiger partial charge in [0.05, 0.1) is 18.5 Å². The van der Waals surface area contributed by atoms with Crippen molar-refractivity contribution in [1.82, 2.24) is 0 Å². The fourth-order valence-electron chi connectivity index (χ4n) is 4.20. The molecule has 35 heavy (non-hydrogen) atoms. The minimum Gasteiger partial charge on any atom is -0.498 e. The molecule has 3 heteroatoms. The van der Waals surface area contributed by atoms with Crippen molar-refractivity contribution in [2.45, 2.75) is 127 Å². The van der Waals surface area contributed by atoms with Crippen molar-refractivity contribution < 1.29 is 14.2 Å². The summed E-state index contributed by atoms with van der Waals surface area (Å²) in [5.74, 6) is 5.68. The highest BCUT2D eigenvalue weighted by atomic mass is 16.5. The predicted molar refractivity (Wildman–Crippen MR) is 152 cm³/mol. The molecule has 0 aromatic rings. The Morgan fingerprint density at radius 3 is 1.31 bits per heavy atom. The van der Waals surface area contributed by atoms with E-state index in [0.29, 0.717) is 6.10 Å². The van der Waals surface area contributed by atoms with E-state index >= 15 is 0 Å². The Balaban J connectivity index is 0.000000220. The van der Waals surface area contributed by atoms with Crippen LogP contribution in [0.4, 0.5) is 0 Å². The molecule has 1 saturated carbocycles. The van der Waals surface area contributed by atoms with Crippen LogP contribution in [-0.2, 0) is 14.2 Å². The van der Waals surface area contributed by atoms with Gasteiger partial charge in [-0.1, -0.05) is 45.8 Å². The van der Waals surface area contributed by atoms with Gasteiger partial charge in [-0.15, -0.1) is 0 Å². The summed E-state index contributed by atoms with van der Waals surface area (Å²) in [5.41, 5.74) is 4.67. The predicted octanol–water partition coefficient (Wildman–Crippen LogP) is 9.37. The molecule has 5 rings (SSSR count). The topological polar surface area (TPSA) is 27.7 Å². The van der Waals surface area contributed by atoms with Gasteiger partial charge in [0, 0.05) is 26.2 Å². The zero-order valence-electron chi connectivity index (χ0n) is 25.2. The van der Waals surface area contributed by atoms with Crippen molar-refractivity contribution in [1.29, 1.82) is 0 Å². The van der Waals surface area contributed by atoms with Gasteiger partial charge in [0.15, 0.2) is 0 Å². The van der Waals surface area contributed by atoms with E-state index in [1.807, 2.05) is 6.92 Å². The molecule has 5 aliphatic rings. The van der Waals surface area contributed by atoms with Crippen LogP contribution < -0.4 is 0 Å². The van der Waals surface area contributed by atoms with Crippen LogP contribution in [-0.4, -0.2) is 32.5 Å². The number of hydrogen-bond donors (Lipinski definition) is 0. The first-order valence-corrected chi connectivity index (χ1v) is 14.7. The van der Waals surface area contributed by atoms with Crippen LogP contribution in [0.15, 0.2) is 22.5 Å². The lowest BCUT2D eigenvalue weighted by molar-refractivity contribution is 0.0303. The molecule has 206 valence electrons. The quantitative estimate of drug-likeness (QED) is 0.315. The third kappa shape index (κ3) is 14.5. The monoisotopic (exact) mass is 492 g/mol. The molecule has 6 atom stereocenters. The van der Waals surface area contributed by atoms with Crippen LogP contribution in [0.1, 0.15) is 121 Å². The van der Waals surface area contributed by atoms with Gasteiger partial charge in [-0.05, 0) is 115 Å². The first-order valence-electron chi connectivity index (χ1n) is 14.7. The third-order valence-electron chi connectivity index (χ3n) is 8.82. The van der Waals surface area contributed by atoms with Gasteiger partial charge < -0.3 is 14.2 Å². The Morgan fingerprint density at radius 2 is 1.11 bits per heavy atom. The molecule has 3 nitrogen and oxygen atoms in total. The van der Waals surface area contributed by atoms with Crippen LogP contribution in [0.2, 0.25) is 0 Å². The summed E-state index contributed by atoms with van der Waals surface area (Å²) in [7, 11) is 0. The number of hydrogen-bond acceptors (Lipinski definition) is 3. The van der Waals surface area contributed by atoms with Crippen molar-refractivity contribution in [2.24, 2.45) is 29.6 Å². The molecule has 3 fully saturated rings. The largest absolute Gasteiger partial charge is 0.498 e. The Bertz CT molecular complexity index is 585. The second-order valence-electron chi connectivity index (χ2n) is 12.1. The van der Waals surface area contributed by atoms with E-state index < -0.39 is 0 Å². The molecule has 3 heterocycles. The van der Waals surface area contributed by atoms with Gasteiger partial charge in [-0.2, -0.15) is 0 Å². The summed E-state index contributed by atoms with van der Waals surface area (Å²) < 4.78 is 15.7. The average Bonchev–Trinajstić information content (AvgIpc) is 3.13. The first kappa shape index (κ1) is 32.2. The van der Waals surface area contributed by atoms with Crippen LogP contribution in [0.3, 0.4) is 0 Å². The lowest BCUT2D eigenvalue weighted by Gasteiger charge is -2.24. The number of rotatable bonds is 0. The smallest absolute Gasteiger partial charge is 0.0919 e. The van der Waals surface area contributed by atoms with Gasteiger partial charge in [0.2, 0.25) is 0 Å². The van der Waals surface area contributed by atoms with Gasteiger partial charge in [-0.25, -0.2) is 0 Å². The van der Waals surface area contributed by atoms with Gasteiger partial charge in [0.25, 0.3) is 0 Å². The number of ether oxygens (including phenoxy) is 3. The number of allylic oxidation sites excluding steroid dienone is 3. The fraction of sp³-hybridized carbons (Fsp3) is 0.875. The zero-order valence-corrected chi connectivity index (χ0v) is 25.2. The van der Waals surface area contributed by atoms with Gasteiger partial charge >= 0.3 is 0 Å². The zero-order chi connectivity index (χ0) is 26.4. The highest BCUT2D eigenvalue weighted by Crippen LogP contribution is 2.36. The molecule has 0 aromatic heterocycles. The van der Waals surface area contributed by atoms with E-state index in [1.165, 1.54) is 50.5 Å². The van der Waals surface area contributed by atoms with Crippen molar-refractivity contribution >= 4 is 0 Å². The van der Waals surface area contributed by atoms with E-state index in [1.54, 1.807) is 11.1 Å². The Labute approximate surface area is 219 Å². The van der Waals surface area contributed by atoms with E-state index in [4.69, 9.17) is 14.2 Å². The summed E-state index contributed by atoms with van der Waals surface area (Å²) >= 11 is 0. The maximum Gasteiger partial charge on any atom is 0.0919 e. The molecule has 0 amide bonds. The summed E-state index contributed by atoms with van der Waals surface area (Å²) in [6, 6.07) is 0. The van der Waals surface area contributed by atoms with Crippen molar-refractivity contribution in [3.63, 3.8) is 0 Å². The van der Waals surface area contributed by atoms with Crippen molar-refractivity contribution in [3.8, 4) is 0 Å². The molecule has 3 aliphatic heterocycles. The van der Waals surface area contributed by atoms with E-state index in [2.05, 4.69) is 62.3 Å². The molecule has 6 unspecified atom stereocenters.